The van der Waals surface area contributed by atoms with E-state index >= 15 is 0 Å². The Balaban J connectivity index is 1.79. The molecule has 0 unspecified atom stereocenters. The van der Waals surface area contributed by atoms with Gasteiger partial charge in [0, 0.05) is 5.69 Å². The topological polar surface area (TPSA) is 47.6 Å². The number of amides is 1. The standard InChI is InChI=1S/C19H21NO3/c1-12(2)14-8-6-7-13(3)18(14)20-19(21)17-11-22-15-9-4-5-10-16(15)23-17/h4-10,12,17H,11H2,1-3H3,(H,20,21)/t17-/m1/s1. The van der Waals surface area contributed by atoms with Gasteiger partial charge in [0.1, 0.15) is 6.61 Å². The van der Waals surface area contributed by atoms with Crippen LogP contribution in [0.2, 0.25) is 0 Å². The van der Waals surface area contributed by atoms with Gasteiger partial charge >= 0.3 is 0 Å². The number of hydrogen-bond acceptors (Lipinski definition) is 3. The van der Waals surface area contributed by atoms with Gasteiger partial charge in [-0.2, -0.15) is 0 Å². The lowest BCUT2D eigenvalue weighted by Crippen LogP contribution is -2.40. The third-order valence-corrected chi connectivity index (χ3v) is 3.98. The highest BCUT2D eigenvalue weighted by molar-refractivity contribution is 5.96. The van der Waals surface area contributed by atoms with E-state index in [9.17, 15) is 4.79 Å². The molecular weight excluding hydrogens is 290 g/mol. The number of fused-ring (bicyclic) bond motifs is 1. The van der Waals surface area contributed by atoms with E-state index in [4.69, 9.17) is 9.47 Å². The Bertz CT molecular complexity index is 724. The third-order valence-electron chi connectivity index (χ3n) is 3.98. The summed E-state index contributed by atoms with van der Waals surface area (Å²) >= 11 is 0. The summed E-state index contributed by atoms with van der Waals surface area (Å²) in [6.07, 6.45) is -0.649. The second-order valence-electron chi connectivity index (χ2n) is 6.05. The van der Waals surface area contributed by atoms with Crippen LogP contribution in [0, 0.1) is 6.92 Å². The van der Waals surface area contributed by atoms with Gasteiger partial charge in [0.15, 0.2) is 11.5 Å². The number of anilines is 1. The van der Waals surface area contributed by atoms with Crippen LogP contribution in [0.25, 0.3) is 0 Å². The molecule has 0 aromatic heterocycles. The summed E-state index contributed by atoms with van der Waals surface area (Å²) in [7, 11) is 0. The van der Waals surface area contributed by atoms with Gasteiger partial charge in [-0.25, -0.2) is 0 Å². The Morgan fingerprint density at radius 2 is 1.87 bits per heavy atom. The molecule has 0 saturated carbocycles. The molecule has 1 heterocycles. The van der Waals surface area contributed by atoms with Crippen LogP contribution in [0.5, 0.6) is 11.5 Å². The summed E-state index contributed by atoms with van der Waals surface area (Å²) in [4.78, 5) is 12.6. The summed E-state index contributed by atoms with van der Waals surface area (Å²) in [5.41, 5.74) is 3.03. The van der Waals surface area contributed by atoms with E-state index in [0.29, 0.717) is 17.4 Å². The maximum Gasteiger partial charge on any atom is 0.269 e. The minimum atomic E-state index is -0.649. The Morgan fingerprint density at radius 3 is 2.61 bits per heavy atom. The third kappa shape index (κ3) is 3.16. The second-order valence-corrected chi connectivity index (χ2v) is 6.05. The fourth-order valence-corrected chi connectivity index (χ4v) is 2.69. The molecule has 1 amide bonds. The van der Waals surface area contributed by atoms with E-state index in [2.05, 4.69) is 19.2 Å². The number of aryl methyl sites for hydroxylation is 1. The van der Waals surface area contributed by atoms with Crippen LogP contribution >= 0.6 is 0 Å². The van der Waals surface area contributed by atoms with Crippen molar-refractivity contribution in [1.82, 2.24) is 0 Å². The lowest BCUT2D eigenvalue weighted by molar-refractivity contribution is -0.125. The number of carbonyl (C=O) groups excluding carboxylic acids is 1. The lowest BCUT2D eigenvalue weighted by atomic mass is 9.98. The second kappa shape index (κ2) is 6.32. The zero-order chi connectivity index (χ0) is 16.4. The normalized spacial score (nSPS) is 16.3. The molecule has 1 aliphatic rings. The quantitative estimate of drug-likeness (QED) is 0.935. The maximum absolute atomic E-state index is 12.6. The number of para-hydroxylation sites is 3. The van der Waals surface area contributed by atoms with E-state index in [1.54, 1.807) is 0 Å². The van der Waals surface area contributed by atoms with Crippen molar-refractivity contribution < 1.29 is 14.3 Å². The monoisotopic (exact) mass is 311 g/mol. The van der Waals surface area contributed by atoms with Crippen LogP contribution < -0.4 is 14.8 Å². The maximum atomic E-state index is 12.6. The SMILES string of the molecule is Cc1cccc(C(C)C)c1NC(=O)[C@H]1COc2ccccc2O1. The molecule has 0 fully saturated rings. The zero-order valence-corrected chi connectivity index (χ0v) is 13.6. The summed E-state index contributed by atoms with van der Waals surface area (Å²) < 4.78 is 11.4. The summed E-state index contributed by atoms with van der Waals surface area (Å²) in [5, 5.41) is 3.02. The molecule has 0 radical (unpaired) electrons. The minimum Gasteiger partial charge on any atom is -0.485 e. The van der Waals surface area contributed by atoms with E-state index in [1.807, 2.05) is 49.4 Å². The molecule has 0 spiro atoms. The van der Waals surface area contributed by atoms with Crippen molar-refractivity contribution in [1.29, 1.82) is 0 Å². The molecule has 0 saturated heterocycles. The van der Waals surface area contributed by atoms with Crippen LogP contribution in [0.1, 0.15) is 30.9 Å². The van der Waals surface area contributed by atoms with Crippen LogP contribution in [0.3, 0.4) is 0 Å². The van der Waals surface area contributed by atoms with Gasteiger partial charge in [-0.05, 0) is 36.1 Å². The number of benzene rings is 2. The predicted octanol–water partition coefficient (Wildman–Crippen LogP) is 3.90. The first-order chi connectivity index (χ1) is 11.1. The average Bonchev–Trinajstić information content (AvgIpc) is 2.56. The number of hydrogen-bond donors (Lipinski definition) is 1. The van der Waals surface area contributed by atoms with Crippen molar-refractivity contribution in [3.8, 4) is 11.5 Å². The summed E-state index contributed by atoms with van der Waals surface area (Å²) in [6, 6.07) is 13.4. The average molecular weight is 311 g/mol. The largest absolute Gasteiger partial charge is 0.485 e. The number of rotatable bonds is 3. The Kier molecular flexibility index (Phi) is 4.24. The first-order valence-corrected chi connectivity index (χ1v) is 7.85. The van der Waals surface area contributed by atoms with E-state index in [0.717, 1.165) is 16.8 Å². The fourth-order valence-electron chi connectivity index (χ4n) is 2.69. The molecule has 3 rings (SSSR count). The van der Waals surface area contributed by atoms with E-state index < -0.39 is 6.10 Å². The first-order valence-electron chi connectivity index (χ1n) is 7.85. The minimum absolute atomic E-state index is 0.185. The van der Waals surface area contributed by atoms with Crippen molar-refractivity contribution in [2.75, 3.05) is 11.9 Å². The zero-order valence-electron chi connectivity index (χ0n) is 13.6. The van der Waals surface area contributed by atoms with Crippen molar-refractivity contribution in [3.05, 3.63) is 53.6 Å². The van der Waals surface area contributed by atoms with E-state index in [-0.39, 0.29) is 12.5 Å². The van der Waals surface area contributed by atoms with Crippen LogP contribution in [0.15, 0.2) is 42.5 Å². The van der Waals surface area contributed by atoms with E-state index in [1.165, 1.54) is 0 Å². The van der Waals surface area contributed by atoms with Crippen molar-refractivity contribution >= 4 is 11.6 Å². The van der Waals surface area contributed by atoms with Crippen LogP contribution in [0.4, 0.5) is 5.69 Å². The van der Waals surface area contributed by atoms with Gasteiger partial charge in [0.05, 0.1) is 0 Å². The predicted molar refractivity (Wildman–Crippen MR) is 90.3 cm³/mol. The van der Waals surface area contributed by atoms with Gasteiger partial charge in [0.2, 0.25) is 6.10 Å². The van der Waals surface area contributed by atoms with Crippen molar-refractivity contribution in [2.24, 2.45) is 0 Å². The highest BCUT2D eigenvalue weighted by Crippen LogP contribution is 2.32. The molecule has 23 heavy (non-hydrogen) atoms. The van der Waals surface area contributed by atoms with Crippen LogP contribution in [-0.2, 0) is 4.79 Å². The Labute approximate surface area is 136 Å². The molecule has 2 aromatic carbocycles. The number of nitrogens with one attached hydrogen (secondary N) is 1. The Morgan fingerprint density at radius 1 is 1.13 bits per heavy atom. The van der Waals surface area contributed by atoms with Gasteiger partial charge in [0.25, 0.3) is 5.91 Å². The molecule has 1 aliphatic heterocycles. The first kappa shape index (κ1) is 15.4. The molecule has 4 nitrogen and oxygen atoms in total. The molecule has 0 aliphatic carbocycles. The van der Waals surface area contributed by atoms with Crippen molar-refractivity contribution in [3.63, 3.8) is 0 Å². The fraction of sp³-hybridized carbons (Fsp3) is 0.316. The highest BCUT2D eigenvalue weighted by atomic mass is 16.6. The van der Waals surface area contributed by atoms with Gasteiger partial charge < -0.3 is 14.8 Å². The smallest absolute Gasteiger partial charge is 0.269 e. The summed E-state index contributed by atoms with van der Waals surface area (Å²) in [6.45, 7) is 6.43. The van der Waals surface area contributed by atoms with Crippen LogP contribution in [-0.4, -0.2) is 18.6 Å². The molecule has 1 atom stereocenters. The van der Waals surface area contributed by atoms with Gasteiger partial charge in [-0.1, -0.05) is 44.2 Å². The molecule has 2 aromatic rings. The molecule has 120 valence electrons. The lowest BCUT2D eigenvalue weighted by Gasteiger charge is -2.26. The number of carbonyl (C=O) groups is 1. The number of ether oxygens (including phenoxy) is 2. The van der Waals surface area contributed by atoms with Crippen molar-refractivity contribution in [2.45, 2.75) is 32.8 Å². The van der Waals surface area contributed by atoms with Gasteiger partial charge in [-0.15, -0.1) is 0 Å². The molecule has 1 N–H and O–H groups in total. The molecule has 4 heteroatoms. The Hall–Kier alpha value is -2.49. The summed E-state index contributed by atoms with van der Waals surface area (Å²) in [5.74, 6) is 1.42. The molecular formula is C19H21NO3. The van der Waals surface area contributed by atoms with Gasteiger partial charge in [-0.3, -0.25) is 4.79 Å². The highest BCUT2D eigenvalue weighted by Gasteiger charge is 2.28. The molecule has 0 bridgehead atoms.